The molecule has 0 saturated carbocycles. The van der Waals surface area contributed by atoms with Crippen molar-refractivity contribution < 1.29 is 9.53 Å². The summed E-state index contributed by atoms with van der Waals surface area (Å²) in [5.74, 6) is 0.135. The van der Waals surface area contributed by atoms with E-state index < -0.39 is 0 Å². The van der Waals surface area contributed by atoms with Crippen LogP contribution < -0.4 is 16.0 Å². The maximum absolute atomic E-state index is 12.0. The number of nitrogens with zero attached hydrogens (tertiary/aromatic N) is 2. The van der Waals surface area contributed by atoms with E-state index in [1.54, 1.807) is 0 Å². The van der Waals surface area contributed by atoms with Crippen molar-refractivity contribution >= 4 is 28.2 Å². The molecule has 0 saturated heterocycles. The first-order valence-electron chi connectivity index (χ1n) is 6.93. The molecule has 0 unspecified atom stereocenters. The quantitative estimate of drug-likeness (QED) is 0.679. The minimum atomic E-state index is -0.161. The highest BCUT2D eigenvalue weighted by molar-refractivity contribution is 7.18. The number of carbonyl (C=O) groups excluding carboxylic acids is 1. The van der Waals surface area contributed by atoms with Crippen molar-refractivity contribution in [1.29, 1.82) is 0 Å². The van der Waals surface area contributed by atoms with Gasteiger partial charge in [-0.25, -0.2) is 4.98 Å². The maximum Gasteiger partial charge on any atom is 0.265 e. The summed E-state index contributed by atoms with van der Waals surface area (Å²) in [7, 11) is 1.92. The highest BCUT2D eigenvalue weighted by Crippen LogP contribution is 2.27. The van der Waals surface area contributed by atoms with Gasteiger partial charge >= 0.3 is 0 Å². The Hall–Kier alpha value is -1.34. The Kier molecular flexibility index (Phi) is 7.32. The molecule has 0 atom stereocenters. The van der Waals surface area contributed by atoms with E-state index in [1.807, 2.05) is 18.9 Å². The van der Waals surface area contributed by atoms with Crippen LogP contribution in [0.2, 0.25) is 0 Å². The summed E-state index contributed by atoms with van der Waals surface area (Å²) in [5.41, 5.74) is 5.79. The van der Waals surface area contributed by atoms with Crippen molar-refractivity contribution in [1.82, 2.24) is 10.3 Å². The number of amides is 1. The zero-order valence-electron chi connectivity index (χ0n) is 12.4. The van der Waals surface area contributed by atoms with Gasteiger partial charge in [-0.1, -0.05) is 18.3 Å². The number of nitrogen functional groups attached to an aromatic ring is 1. The first kappa shape index (κ1) is 16.7. The molecule has 0 aliphatic heterocycles. The lowest BCUT2D eigenvalue weighted by Crippen LogP contribution is -2.25. The molecule has 114 valence electrons. The van der Waals surface area contributed by atoms with E-state index in [0.717, 1.165) is 31.1 Å². The molecule has 1 rings (SSSR count). The smallest absolute Gasteiger partial charge is 0.265 e. The molecule has 0 bridgehead atoms. The van der Waals surface area contributed by atoms with Gasteiger partial charge in [-0.15, -0.1) is 0 Å². The van der Waals surface area contributed by atoms with Crippen LogP contribution in [0.3, 0.4) is 0 Å². The lowest BCUT2D eigenvalue weighted by molar-refractivity contribution is 0.0946. The van der Waals surface area contributed by atoms with Crippen molar-refractivity contribution in [3.8, 4) is 0 Å². The topological polar surface area (TPSA) is 80.5 Å². The third kappa shape index (κ3) is 4.97. The van der Waals surface area contributed by atoms with Crippen LogP contribution >= 0.6 is 11.3 Å². The summed E-state index contributed by atoms with van der Waals surface area (Å²) in [6, 6.07) is 0. The number of hydrogen-bond donors (Lipinski definition) is 2. The first-order chi connectivity index (χ1) is 9.60. The van der Waals surface area contributed by atoms with Crippen molar-refractivity contribution in [3.05, 3.63) is 4.88 Å². The van der Waals surface area contributed by atoms with Crippen molar-refractivity contribution in [2.75, 3.05) is 44.0 Å². The molecule has 6 nitrogen and oxygen atoms in total. The zero-order chi connectivity index (χ0) is 15.0. The van der Waals surface area contributed by atoms with Crippen molar-refractivity contribution in [2.45, 2.75) is 26.7 Å². The van der Waals surface area contributed by atoms with Gasteiger partial charge in [0.25, 0.3) is 5.91 Å². The second-order valence-electron chi connectivity index (χ2n) is 4.45. The Bertz CT molecular complexity index is 423. The summed E-state index contributed by atoms with van der Waals surface area (Å²) < 4.78 is 5.35. The molecule has 0 aliphatic rings. The molecule has 0 aromatic carbocycles. The monoisotopic (exact) mass is 300 g/mol. The standard InChI is InChI=1S/C13H24N4O2S/c1-4-8-19-9-6-7-15-12(18)10-11(14)16-13(20-10)17(3)5-2/h4-9,14H2,1-3H3,(H,15,18). The molecule has 0 radical (unpaired) electrons. The van der Waals surface area contributed by atoms with Crippen LogP contribution in [-0.4, -0.2) is 44.2 Å². The van der Waals surface area contributed by atoms with Crippen LogP contribution in [0.25, 0.3) is 0 Å². The van der Waals surface area contributed by atoms with Crippen LogP contribution in [0.1, 0.15) is 36.4 Å². The summed E-state index contributed by atoms with van der Waals surface area (Å²) in [6.07, 6.45) is 1.81. The van der Waals surface area contributed by atoms with Gasteiger partial charge in [0.15, 0.2) is 5.13 Å². The Morgan fingerprint density at radius 2 is 2.20 bits per heavy atom. The number of nitrogens with two attached hydrogens (primary N) is 1. The molecule has 1 aromatic heterocycles. The molecule has 7 heteroatoms. The van der Waals surface area contributed by atoms with Gasteiger partial charge in [0, 0.05) is 33.4 Å². The normalized spacial score (nSPS) is 10.6. The number of ether oxygens (including phenoxy) is 1. The number of thiazole rings is 1. The van der Waals surface area contributed by atoms with E-state index in [-0.39, 0.29) is 5.91 Å². The molecule has 1 aromatic rings. The van der Waals surface area contributed by atoms with Gasteiger partial charge in [-0.3, -0.25) is 4.79 Å². The molecule has 0 spiro atoms. The van der Waals surface area contributed by atoms with Gasteiger partial charge in [0.1, 0.15) is 10.7 Å². The van der Waals surface area contributed by atoms with Gasteiger partial charge < -0.3 is 20.7 Å². The Morgan fingerprint density at radius 3 is 2.85 bits per heavy atom. The Morgan fingerprint density at radius 1 is 1.45 bits per heavy atom. The molecule has 3 N–H and O–H groups in total. The zero-order valence-corrected chi connectivity index (χ0v) is 13.3. The average molecular weight is 300 g/mol. The van der Waals surface area contributed by atoms with Crippen LogP contribution in [0, 0.1) is 0 Å². The number of carbonyl (C=O) groups is 1. The van der Waals surface area contributed by atoms with Crippen LogP contribution in [0.4, 0.5) is 10.9 Å². The molecule has 0 aliphatic carbocycles. The predicted octanol–water partition coefficient (Wildman–Crippen LogP) is 1.73. The van der Waals surface area contributed by atoms with E-state index in [0.29, 0.717) is 23.8 Å². The van der Waals surface area contributed by atoms with E-state index in [1.165, 1.54) is 11.3 Å². The minimum Gasteiger partial charge on any atom is -0.382 e. The fourth-order valence-corrected chi connectivity index (χ4v) is 2.41. The summed E-state index contributed by atoms with van der Waals surface area (Å²) >= 11 is 1.32. The predicted molar refractivity (Wildman–Crippen MR) is 83.5 cm³/mol. The Balaban J connectivity index is 2.41. The van der Waals surface area contributed by atoms with Gasteiger partial charge in [0.05, 0.1) is 0 Å². The third-order valence-electron chi connectivity index (χ3n) is 2.75. The summed E-state index contributed by atoms with van der Waals surface area (Å²) in [4.78, 5) is 18.6. The summed E-state index contributed by atoms with van der Waals surface area (Å²) in [6.45, 7) is 6.92. The van der Waals surface area contributed by atoms with Crippen molar-refractivity contribution in [2.24, 2.45) is 0 Å². The molecular formula is C13H24N4O2S. The highest BCUT2D eigenvalue weighted by Gasteiger charge is 2.17. The van der Waals surface area contributed by atoms with Gasteiger partial charge in [-0.2, -0.15) is 0 Å². The number of rotatable bonds is 9. The second-order valence-corrected chi connectivity index (χ2v) is 5.42. The largest absolute Gasteiger partial charge is 0.382 e. The lowest BCUT2D eigenvalue weighted by atomic mass is 10.4. The van der Waals surface area contributed by atoms with E-state index >= 15 is 0 Å². The third-order valence-corrected chi connectivity index (χ3v) is 3.93. The molecule has 1 amide bonds. The number of anilines is 2. The molecular weight excluding hydrogens is 276 g/mol. The Labute approximate surface area is 124 Å². The van der Waals surface area contributed by atoms with Crippen LogP contribution in [0.5, 0.6) is 0 Å². The fraction of sp³-hybridized carbons (Fsp3) is 0.692. The SMILES string of the molecule is CCCOCCCNC(=O)c1sc(N(C)CC)nc1N. The lowest BCUT2D eigenvalue weighted by Gasteiger charge is -2.10. The van der Waals surface area contributed by atoms with Gasteiger partial charge in [-0.05, 0) is 19.8 Å². The molecule has 1 heterocycles. The van der Waals surface area contributed by atoms with E-state index in [4.69, 9.17) is 10.5 Å². The fourth-order valence-electron chi connectivity index (χ4n) is 1.48. The first-order valence-corrected chi connectivity index (χ1v) is 7.75. The average Bonchev–Trinajstić information content (AvgIpc) is 2.83. The van der Waals surface area contributed by atoms with Gasteiger partial charge in [0.2, 0.25) is 0 Å². The van der Waals surface area contributed by atoms with Crippen LogP contribution in [-0.2, 0) is 4.74 Å². The maximum atomic E-state index is 12.0. The van der Waals surface area contributed by atoms with Crippen LogP contribution in [0.15, 0.2) is 0 Å². The molecule has 20 heavy (non-hydrogen) atoms. The highest BCUT2D eigenvalue weighted by atomic mass is 32.1. The van der Waals surface area contributed by atoms with E-state index in [9.17, 15) is 4.79 Å². The number of hydrogen-bond acceptors (Lipinski definition) is 6. The van der Waals surface area contributed by atoms with Crippen molar-refractivity contribution in [3.63, 3.8) is 0 Å². The van der Waals surface area contributed by atoms with E-state index in [2.05, 4.69) is 17.2 Å². The number of nitrogens with one attached hydrogen (secondary N) is 1. The number of aromatic nitrogens is 1. The summed E-state index contributed by atoms with van der Waals surface area (Å²) in [5, 5.41) is 3.61. The molecule has 0 fully saturated rings. The second kappa shape index (κ2) is 8.76. The minimum absolute atomic E-state index is 0.161.